The Morgan fingerprint density at radius 2 is 1.19 bits per heavy atom. The maximum atomic E-state index is 2.28. The summed E-state index contributed by atoms with van der Waals surface area (Å²) in [6, 6.07) is 10.2. The Hall–Kier alpha value is -0.0500. The van der Waals surface area contributed by atoms with Crippen LogP contribution in [0.2, 0.25) is 0 Å². The maximum Gasteiger partial charge on any atom is 0.0130 e. The lowest BCUT2D eigenvalue weighted by molar-refractivity contribution is 0.602. The zero-order chi connectivity index (χ0) is 12.1. The van der Waals surface area contributed by atoms with E-state index in [1.165, 1.54) is 48.5 Å². The maximum absolute atomic E-state index is 2.28. The summed E-state index contributed by atoms with van der Waals surface area (Å²) in [7, 11) is 0. The van der Waals surface area contributed by atoms with E-state index in [0.717, 1.165) is 0 Å². The van der Waals surface area contributed by atoms with Gasteiger partial charge in [0.25, 0.3) is 0 Å². The first-order valence-electron chi connectivity index (χ1n) is 6.51. The highest BCUT2D eigenvalue weighted by Crippen LogP contribution is 2.05. The number of hydrogen-bond acceptors (Lipinski definition) is 0. The molecule has 0 bridgehead atoms. The number of hydrogen-bond donors (Lipinski definition) is 0. The molecule has 1 rings (SSSR count). The highest BCUT2D eigenvalue weighted by atomic mass is 127. The van der Waals surface area contributed by atoms with Crippen molar-refractivity contribution >= 4 is 22.6 Å². The quantitative estimate of drug-likeness (QED) is 0.439. The van der Waals surface area contributed by atoms with Crippen LogP contribution >= 0.6 is 22.6 Å². The molecule has 0 radical (unpaired) electrons. The van der Waals surface area contributed by atoms with Crippen molar-refractivity contribution in [1.29, 1.82) is 0 Å². The summed E-state index contributed by atoms with van der Waals surface area (Å²) < 4.78 is 1.29. The second-order valence-electron chi connectivity index (χ2n) is 4.06. The van der Waals surface area contributed by atoms with Crippen molar-refractivity contribution < 1.29 is 0 Å². The number of unbranched alkanes of at least 4 members (excludes halogenated alkanes) is 6. The Kier molecular flexibility index (Phi) is 13.0. The Balaban J connectivity index is 0.000000288. The lowest BCUT2D eigenvalue weighted by atomic mass is 10.1. The lowest BCUT2D eigenvalue weighted by Gasteiger charge is -1.96. The number of halogens is 1. The van der Waals surface area contributed by atoms with Crippen LogP contribution in [0.3, 0.4) is 0 Å². The summed E-state index contributed by atoms with van der Waals surface area (Å²) in [5.74, 6) is 0. The Labute approximate surface area is 115 Å². The molecule has 0 unspecified atom stereocenters. The monoisotopic (exact) mass is 332 g/mol. The van der Waals surface area contributed by atoms with Crippen LogP contribution in [0.1, 0.15) is 58.8 Å². The third kappa shape index (κ3) is 12.0. The first-order chi connectivity index (χ1) is 7.81. The third-order valence-electron chi connectivity index (χ3n) is 2.44. The number of benzene rings is 1. The van der Waals surface area contributed by atoms with Crippen LogP contribution in [-0.2, 0) is 0 Å². The van der Waals surface area contributed by atoms with Crippen molar-refractivity contribution in [2.45, 2.75) is 58.8 Å². The molecule has 0 N–H and O–H groups in total. The molecule has 1 aromatic carbocycles. The van der Waals surface area contributed by atoms with E-state index in [4.69, 9.17) is 0 Å². The van der Waals surface area contributed by atoms with Gasteiger partial charge in [0.2, 0.25) is 0 Å². The fraction of sp³-hybridized carbons (Fsp3) is 0.600. The van der Waals surface area contributed by atoms with E-state index in [0.29, 0.717) is 0 Å². The highest BCUT2D eigenvalue weighted by molar-refractivity contribution is 14.1. The molecule has 0 aliphatic carbocycles. The molecule has 0 amide bonds. The Morgan fingerprint density at radius 3 is 1.50 bits per heavy atom. The molecule has 0 fully saturated rings. The van der Waals surface area contributed by atoms with Crippen molar-refractivity contribution in [1.82, 2.24) is 0 Å². The normalized spacial score (nSPS) is 9.44. The van der Waals surface area contributed by atoms with Crippen molar-refractivity contribution in [3.63, 3.8) is 0 Å². The van der Waals surface area contributed by atoms with Gasteiger partial charge >= 0.3 is 0 Å². The standard InChI is InChI=1S/C9H20.C6H5I/c1-3-5-7-9-8-6-4-2;7-6-4-2-1-3-5-6/h3-9H2,1-2H3;1-5H. The summed E-state index contributed by atoms with van der Waals surface area (Å²) in [4.78, 5) is 0. The van der Waals surface area contributed by atoms with E-state index in [1.807, 2.05) is 18.2 Å². The summed E-state index contributed by atoms with van der Waals surface area (Å²) >= 11 is 2.28. The van der Waals surface area contributed by atoms with Gasteiger partial charge in [-0.3, -0.25) is 0 Å². The molecule has 1 heteroatoms. The van der Waals surface area contributed by atoms with Gasteiger partial charge in [0.05, 0.1) is 0 Å². The smallest absolute Gasteiger partial charge is 0.0130 e. The molecule has 16 heavy (non-hydrogen) atoms. The average Bonchev–Trinajstić information content (AvgIpc) is 2.31. The fourth-order valence-electron chi connectivity index (χ4n) is 1.44. The minimum absolute atomic E-state index is 1.29. The van der Waals surface area contributed by atoms with Crippen LogP contribution in [0.25, 0.3) is 0 Å². The van der Waals surface area contributed by atoms with Crippen molar-refractivity contribution in [3.05, 3.63) is 33.9 Å². The molecule has 0 spiro atoms. The van der Waals surface area contributed by atoms with Crippen LogP contribution in [0.15, 0.2) is 30.3 Å². The predicted octanol–water partition coefficient (Wildman–Crippen LogP) is 6.05. The molecule has 1 aromatic rings. The fourth-order valence-corrected chi connectivity index (χ4v) is 1.86. The summed E-state index contributed by atoms with van der Waals surface area (Å²) in [6.45, 7) is 4.53. The van der Waals surface area contributed by atoms with Crippen LogP contribution in [0.4, 0.5) is 0 Å². The van der Waals surface area contributed by atoms with Gasteiger partial charge in [-0.25, -0.2) is 0 Å². The Morgan fingerprint density at radius 1 is 0.750 bits per heavy atom. The topological polar surface area (TPSA) is 0 Å². The molecule has 0 atom stereocenters. The van der Waals surface area contributed by atoms with Gasteiger partial charge in [-0.15, -0.1) is 0 Å². The van der Waals surface area contributed by atoms with E-state index in [2.05, 4.69) is 48.6 Å². The molecule has 0 aliphatic rings. The zero-order valence-electron chi connectivity index (χ0n) is 10.7. The number of rotatable bonds is 6. The first-order valence-corrected chi connectivity index (χ1v) is 7.59. The van der Waals surface area contributed by atoms with Crippen molar-refractivity contribution in [3.8, 4) is 0 Å². The van der Waals surface area contributed by atoms with E-state index in [-0.39, 0.29) is 0 Å². The second-order valence-corrected chi connectivity index (χ2v) is 5.31. The molecule has 0 aromatic heterocycles. The van der Waals surface area contributed by atoms with Crippen LogP contribution in [-0.4, -0.2) is 0 Å². The molecule has 0 saturated heterocycles. The highest BCUT2D eigenvalue weighted by Gasteiger charge is 1.85. The molecule has 0 nitrogen and oxygen atoms in total. The van der Waals surface area contributed by atoms with Gasteiger partial charge in [-0.2, -0.15) is 0 Å². The van der Waals surface area contributed by atoms with Crippen molar-refractivity contribution in [2.24, 2.45) is 0 Å². The third-order valence-corrected chi connectivity index (χ3v) is 3.16. The van der Waals surface area contributed by atoms with Gasteiger partial charge in [-0.1, -0.05) is 77.0 Å². The van der Waals surface area contributed by atoms with Gasteiger partial charge in [-0.05, 0) is 34.7 Å². The van der Waals surface area contributed by atoms with Gasteiger partial charge in [0, 0.05) is 3.57 Å². The minimum atomic E-state index is 1.29. The average molecular weight is 332 g/mol. The van der Waals surface area contributed by atoms with E-state index in [9.17, 15) is 0 Å². The largest absolute Gasteiger partial charge is 0.0654 e. The molecule has 92 valence electrons. The van der Waals surface area contributed by atoms with E-state index in [1.54, 1.807) is 0 Å². The van der Waals surface area contributed by atoms with Crippen LogP contribution < -0.4 is 0 Å². The summed E-state index contributed by atoms with van der Waals surface area (Å²) in [6.07, 6.45) is 9.97. The molecule has 0 heterocycles. The molecule has 0 aliphatic heterocycles. The second kappa shape index (κ2) is 13.0. The summed E-state index contributed by atoms with van der Waals surface area (Å²) in [5.41, 5.74) is 0. The van der Waals surface area contributed by atoms with Crippen LogP contribution in [0.5, 0.6) is 0 Å². The van der Waals surface area contributed by atoms with E-state index < -0.39 is 0 Å². The van der Waals surface area contributed by atoms with Crippen LogP contribution in [0, 0.1) is 3.57 Å². The summed E-state index contributed by atoms with van der Waals surface area (Å²) in [5, 5.41) is 0. The van der Waals surface area contributed by atoms with Gasteiger partial charge in [0.1, 0.15) is 0 Å². The van der Waals surface area contributed by atoms with Crippen molar-refractivity contribution in [2.75, 3.05) is 0 Å². The minimum Gasteiger partial charge on any atom is -0.0654 e. The van der Waals surface area contributed by atoms with Gasteiger partial charge < -0.3 is 0 Å². The lowest BCUT2D eigenvalue weighted by Crippen LogP contribution is -1.76. The Bertz CT molecular complexity index is 212. The van der Waals surface area contributed by atoms with E-state index >= 15 is 0 Å². The first kappa shape index (κ1) is 16.0. The SMILES string of the molecule is CCCCCCCCC.Ic1ccccc1. The molecule has 0 saturated carbocycles. The molecular weight excluding hydrogens is 307 g/mol. The zero-order valence-corrected chi connectivity index (χ0v) is 12.9. The predicted molar refractivity (Wildman–Crippen MR) is 82.8 cm³/mol. The van der Waals surface area contributed by atoms with Gasteiger partial charge in [0.15, 0.2) is 0 Å². The molecular formula is C15H25I.